The summed E-state index contributed by atoms with van der Waals surface area (Å²) in [5.41, 5.74) is 1.63. The summed E-state index contributed by atoms with van der Waals surface area (Å²) in [6.45, 7) is 3.79. The fourth-order valence-corrected chi connectivity index (χ4v) is 2.34. The number of aryl methyl sites for hydroxylation is 2. The van der Waals surface area contributed by atoms with E-state index in [0.29, 0.717) is 10.7 Å². The summed E-state index contributed by atoms with van der Waals surface area (Å²) < 4.78 is 0.766. The van der Waals surface area contributed by atoms with Crippen molar-refractivity contribution >= 4 is 38.3 Å². The van der Waals surface area contributed by atoms with Crippen molar-refractivity contribution in [2.45, 2.75) is 13.8 Å². The Morgan fingerprint density at radius 1 is 1.35 bits per heavy atom. The van der Waals surface area contributed by atoms with Gasteiger partial charge >= 0.3 is 0 Å². The van der Waals surface area contributed by atoms with E-state index >= 15 is 0 Å². The van der Waals surface area contributed by atoms with Gasteiger partial charge in [0, 0.05) is 4.47 Å². The topological polar surface area (TPSA) is 54.9 Å². The Kier molecular flexibility index (Phi) is 3.54. The zero-order valence-corrected chi connectivity index (χ0v) is 11.7. The van der Waals surface area contributed by atoms with Crippen molar-refractivity contribution in [1.29, 1.82) is 0 Å². The third-order valence-electron chi connectivity index (χ3n) is 2.11. The molecule has 0 aliphatic carbocycles. The third-order valence-corrected chi connectivity index (χ3v) is 3.56. The molecule has 1 aromatic carbocycles. The summed E-state index contributed by atoms with van der Waals surface area (Å²) in [5, 5.41) is 11.8. The molecule has 0 aliphatic rings. The molecular formula is C11H10BrN3OS. The number of aromatic nitrogens is 2. The van der Waals surface area contributed by atoms with Gasteiger partial charge in [-0.2, -0.15) is 0 Å². The molecule has 0 fully saturated rings. The number of nitrogens with one attached hydrogen (secondary N) is 1. The highest BCUT2D eigenvalue weighted by Crippen LogP contribution is 2.21. The van der Waals surface area contributed by atoms with Gasteiger partial charge in [0.2, 0.25) is 5.13 Å². The average molecular weight is 312 g/mol. The van der Waals surface area contributed by atoms with Crippen molar-refractivity contribution in [3.05, 3.63) is 38.8 Å². The molecule has 0 saturated carbocycles. The predicted octanol–water partition coefficient (Wildman–Crippen LogP) is 3.17. The van der Waals surface area contributed by atoms with Crippen LogP contribution in [0.1, 0.15) is 20.9 Å². The second-order valence-corrected chi connectivity index (χ2v) is 5.60. The number of amides is 1. The molecule has 1 N–H and O–H groups in total. The lowest BCUT2D eigenvalue weighted by Crippen LogP contribution is -2.12. The second kappa shape index (κ2) is 4.93. The number of anilines is 1. The molecule has 88 valence electrons. The second-order valence-electron chi connectivity index (χ2n) is 3.56. The Balaban J connectivity index is 2.22. The number of hydrogen-bond acceptors (Lipinski definition) is 4. The molecule has 1 amide bonds. The first-order valence-electron chi connectivity index (χ1n) is 4.94. The van der Waals surface area contributed by atoms with Crippen LogP contribution in [0.3, 0.4) is 0 Å². The van der Waals surface area contributed by atoms with E-state index in [2.05, 4.69) is 31.4 Å². The van der Waals surface area contributed by atoms with Crippen molar-refractivity contribution < 1.29 is 4.79 Å². The number of hydrogen-bond donors (Lipinski definition) is 1. The van der Waals surface area contributed by atoms with E-state index in [9.17, 15) is 4.79 Å². The highest BCUT2D eigenvalue weighted by atomic mass is 79.9. The standard InChI is InChI=1S/C11H10BrN3OS/c1-6-3-4-9(12)8(5-6)10(16)13-11-15-14-7(2)17-11/h3-5H,1-2H3,(H,13,15,16). The lowest BCUT2D eigenvalue weighted by Gasteiger charge is -2.04. The predicted molar refractivity (Wildman–Crippen MR) is 71.5 cm³/mol. The van der Waals surface area contributed by atoms with Crippen molar-refractivity contribution in [2.24, 2.45) is 0 Å². The van der Waals surface area contributed by atoms with Crippen molar-refractivity contribution in [2.75, 3.05) is 5.32 Å². The fourth-order valence-electron chi connectivity index (χ4n) is 1.32. The summed E-state index contributed by atoms with van der Waals surface area (Å²) in [6.07, 6.45) is 0. The van der Waals surface area contributed by atoms with Crippen LogP contribution in [0.4, 0.5) is 5.13 Å². The molecule has 2 aromatic rings. The fraction of sp³-hybridized carbons (Fsp3) is 0.182. The number of carbonyl (C=O) groups excluding carboxylic acids is 1. The van der Waals surface area contributed by atoms with Crippen molar-refractivity contribution in [3.63, 3.8) is 0 Å². The smallest absolute Gasteiger partial charge is 0.258 e. The zero-order valence-electron chi connectivity index (χ0n) is 9.32. The highest BCUT2D eigenvalue weighted by molar-refractivity contribution is 9.10. The number of carbonyl (C=O) groups is 1. The summed E-state index contributed by atoms with van der Waals surface area (Å²) in [4.78, 5) is 12.0. The molecule has 1 aromatic heterocycles. The minimum Gasteiger partial charge on any atom is -0.296 e. The number of halogens is 1. The molecule has 17 heavy (non-hydrogen) atoms. The van der Waals surface area contributed by atoms with Crippen LogP contribution in [0.5, 0.6) is 0 Å². The van der Waals surface area contributed by atoms with Crippen molar-refractivity contribution in [1.82, 2.24) is 10.2 Å². The van der Waals surface area contributed by atoms with Gasteiger partial charge in [0.25, 0.3) is 5.91 Å². The van der Waals surface area contributed by atoms with E-state index in [1.165, 1.54) is 11.3 Å². The SMILES string of the molecule is Cc1ccc(Br)c(C(=O)Nc2nnc(C)s2)c1. The highest BCUT2D eigenvalue weighted by Gasteiger charge is 2.12. The van der Waals surface area contributed by atoms with E-state index in [1.54, 1.807) is 0 Å². The first kappa shape index (κ1) is 12.2. The molecule has 1 heterocycles. The molecule has 0 bridgehead atoms. The summed E-state index contributed by atoms with van der Waals surface area (Å²) >= 11 is 4.71. The Hall–Kier alpha value is -1.27. The van der Waals surface area contributed by atoms with E-state index in [1.807, 2.05) is 32.0 Å². The molecule has 0 spiro atoms. The molecule has 4 nitrogen and oxygen atoms in total. The Bertz CT molecular complexity index is 568. The molecule has 2 rings (SSSR count). The molecule has 0 saturated heterocycles. The quantitative estimate of drug-likeness (QED) is 0.926. The van der Waals surface area contributed by atoms with Gasteiger partial charge in [0.05, 0.1) is 5.56 Å². The number of rotatable bonds is 2. The van der Waals surface area contributed by atoms with E-state index in [0.717, 1.165) is 15.0 Å². The minimum atomic E-state index is -0.184. The average Bonchev–Trinajstić information content (AvgIpc) is 2.67. The van der Waals surface area contributed by atoms with E-state index < -0.39 is 0 Å². The van der Waals surface area contributed by atoms with Crippen molar-refractivity contribution in [3.8, 4) is 0 Å². The van der Waals surface area contributed by atoms with Gasteiger partial charge < -0.3 is 0 Å². The normalized spacial score (nSPS) is 10.3. The zero-order chi connectivity index (χ0) is 12.4. The Morgan fingerprint density at radius 3 is 2.76 bits per heavy atom. The maximum absolute atomic E-state index is 12.0. The summed E-state index contributed by atoms with van der Waals surface area (Å²) in [6, 6.07) is 5.62. The monoisotopic (exact) mass is 311 g/mol. The lowest BCUT2D eigenvalue weighted by atomic mass is 10.1. The minimum absolute atomic E-state index is 0.184. The molecule has 0 unspecified atom stereocenters. The van der Waals surface area contributed by atoms with Crippen LogP contribution in [-0.2, 0) is 0 Å². The molecule has 0 atom stereocenters. The lowest BCUT2D eigenvalue weighted by molar-refractivity contribution is 0.102. The van der Waals surface area contributed by atoms with E-state index in [4.69, 9.17) is 0 Å². The van der Waals surface area contributed by atoms with Gasteiger partial charge in [-0.1, -0.05) is 23.0 Å². The maximum atomic E-state index is 12.0. The van der Waals surface area contributed by atoms with Crippen LogP contribution in [-0.4, -0.2) is 16.1 Å². The van der Waals surface area contributed by atoms with Gasteiger partial charge in [-0.25, -0.2) is 0 Å². The molecular weight excluding hydrogens is 302 g/mol. The molecule has 0 radical (unpaired) electrons. The van der Waals surface area contributed by atoms with E-state index in [-0.39, 0.29) is 5.91 Å². The van der Waals surface area contributed by atoms with Gasteiger partial charge in [0.1, 0.15) is 5.01 Å². The van der Waals surface area contributed by atoms with Crippen LogP contribution >= 0.6 is 27.3 Å². The molecule has 6 heteroatoms. The van der Waals surface area contributed by atoms with Gasteiger partial charge in [-0.3, -0.25) is 10.1 Å². The van der Waals surface area contributed by atoms with Crippen LogP contribution in [0.15, 0.2) is 22.7 Å². The summed E-state index contributed by atoms with van der Waals surface area (Å²) in [7, 11) is 0. The maximum Gasteiger partial charge on any atom is 0.258 e. The van der Waals surface area contributed by atoms with Gasteiger partial charge in [-0.15, -0.1) is 10.2 Å². The number of nitrogens with zero attached hydrogens (tertiary/aromatic N) is 2. The first-order chi connectivity index (χ1) is 8.06. The third kappa shape index (κ3) is 2.89. The Morgan fingerprint density at radius 2 is 2.12 bits per heavy atom. The van der Waals surface area contributed by atoms with Gasteiger partial charge in [-0.05, 0) is 41.9 Å². The van der Waals surface area contributed by atoms with Crippen LogP contribution in [0.25, 0.3) is 0 Å². The molecule has 0 aliphatic heterocycles. The number of benzene rings is 1. The Labute approximate surface area is 111 Å². The summed E-state index contributed by atoms with van der Waals surface area (Å²) in [5.74, 6) is -0.184. The van der Waals surface area contributed by atoms with Crippen LogP contribution in [0, 0.1) is 13.8 Å². The van der Waals surface area contributed by atoms with Crippen LogP contribution < -0.4 is 5.32 Å². The first-order valence-corrected chi connectivity index (χ1v) is 6.55. The van der Waals surface area contributed by atoms with Crippen LogP contribution in [0.2, 0.25) is 0 Å². The van der Waals surface area contributed by atoms with Gasteiger partial charge in [0.15, 0.2) is 0 Å². The largest absolute Gasteiger partial charge is 0.296 e.